The number of hydrogen-bond acceptors (Lipinski definition) is 1. The van der Waals surface area contributed by atoms with Crippen molar-refractivity contribution in [3.8, 4) is 0 Å². The molecule has 1 nitrogen and oxygen atoms in total. The van der Waals surface area contributed by atoms with Gasteiger partial charge in [-0.1, -0.05) is 103 Å². The van der Waals surface area contributed by atoms with Crippen molar-refractivity contribution in [1.82, 2.24) is 4.90 Å². The van der Waals surface area contributed by atoms with E-state index in [1.807, 2.05) is 26.0 Å². The summed E-state index contributed by atoms with van der Waals surface area (Å²) in [5.74, 6) is 0. The van der Waals surface area contributed by atoms with Crippen LogP contribution in [0.5, 0.6) is 0 Å². The maximum atomic E-state index is 2.83. The van der Waals surface area contributed by atoms with Crippen molar-refractivity contribution in [2.45, 2.75) is 110 Å². The zero-order valence-electron chi connectivity index (χ0n) is 17.5. The lowest BCUT2D eigenvalue weighted by atomic mass is 10.0. The Morgan fingerprint density at radius 3 is 0.917 bits per heavy atom. The van der Waals surface area contributed by atoms with Gasteiger partial charge in [-0.3, -0.25) is 0 Å². The minimum absolute atomic E-state index is 0. The van der Waals surface area contributed by atoms with Crippen LogP contribution < -0.4 is 0 Å². The van der Waals surface area contributed by atoms with Gasteiger partial charge in [0.2, 0.25) is 0 Å². The third-order valence-electron chi connectivity index (χ3n) is 4.06. The van der Waals surface area contributed by atoms with Gasteiger partial charge < -0.3 is 4.90 Å². The molecule has 0 bridgehead atoms. The van der Waals surface area contributed by atoms with Crippen LogP contribution in [-0.2, 0) is 0 Å². The topological polar surface area (TPSA) is 3.24 Å². The fraction of sp³-hybridized carbons (Fsp3) is 1.00. The molecule has 0 rings (SSSR count). The van der Waals surface area contributed by atoms with E-state index >= 15 is 0 Å². The minimum Gasteiger partial charge on any atom is -0.312 e. The van der Waals surface area contributed by atoms with Crippen LogP contribution in [0.3, 0.4) is 0 Å². The quantitative estimate of drug-likeness (QED) is 0.179. The first-order valence-electron chi connectivity index (χ1n) is 10.5. The van der Waals surface area contributed by atoms with Crippen LogP contribution in [0.2, 0.25) is 0 Å². The third-order valence-corrected chi connectivity index (χ3v) is 4.47. The Morgan fingerprint density at radius 1 is 0.500 bits per heavy atom. The molecule has 0 radical (unpaired) electrons. The van der Waals surface area contributed by atoms with Crippen molar-refractivity contribution in [3.63, 3.8) is 0 Å². The van der Waals surface area contributed by atoms with Crippen LogP contribution in [0.25, 0.3) is 0 Å². The van der Waals surface area contributed by atoms with Gasteiger partial charge in [-0.25, -0.2) is 0 Å². The summed E-state index contributed by atoms with van der Waals surface area (Å²) in [5, 5.41) is 0. The van der Waals surface area contributed by atoms with Gasteiger partial charge in [0.1, 0.15) is 0 Å². The van der Waals surface area contributed by atoms with E-state index in [0.717, 1.165) is 0 Å². The summed E-state index contributed by atoms with van der Waals surface area (Å²) in [7, 11) is 8.83. The second-order valence-electron chi connectivity index (χ2n) is 7.43. The largest absolute Gasteiger partial charge is 0.312 e. The fourth-order valence-electron chi connectivity index (χ4n) is 2.69. The van der Waals surface area contributed by atoms with E-state index in [-0.39, 0.29) is 17.0 Å². The predicted octanol–water partition coefficient (Wildman–Crippen LogP) is 7.88. The van der Waals surface area contributed by atoms with Crippen molar-refractivity contribution >= 4 is 26.2 Å². The first-order valence-corrected chi connectivity index (χ1v) is 11.3. The van der Waals surface area contributed by atoms with Gasteiger partial charge in [-0.15, -0.1) is 26.2 Å². The molecule has 0 fully saturated rings. The number of nitrogens with zero attached hydrogens (tertiary/aromatic N) is 1. The van der Waals surface area contributed by atoms with Crippen LogP contribution in [0.4, 0.5) is 0 Å². The standard InChI is InChI=1S/C18H39P.C3H9N.BrH/c1-2-3-4-5-6-7-8-9-10-11-12-13-14-15-16-17-18-19;1-4(2)3;/h2-19H2,1H3;1-3H3;1H. The molecule has 1 atom stereocenters. The highest BCUT2D eigenvalue weighted by Gasteiger charge is 1.94. The molecule has 0 N–H and O–H groups in total. The van der Waals surface area contributed by atoms with E-state index in [2.05, 4.69) is 16.2 Å². The molecule has 24 heavy (non-hydrogen) atoms. The van der Waals surface area contributed by atoms with Crippen molar-refractivity contribution < 1.29 is 0 Å². The highest BCUT2D eigenvalue weighted by atomic mass is 79.9. The number of hydrogen-bond donors (Lipinski definition) is 0. The molecule has 0 aliphatic rings. The molecule has 0 aromatic rings. The molecule has 0 amide bonds. The number of halogens is 1. The summed E-state index contributed by atoms with van der Waals surface area (Å²) in [6.07, 6.45) is 24.7. The van der Waals surface area contributed by atoms with Crippen LogP contribution >= 0.6 is 26.2 Å². The van der Waals surface area contributed by atoms with Gasteiger partial charge in [-0.05, 0) is 33.7 Å². The predicted molar refractivity (Wildman–Crippen MR) is 124 cm³/mol. The van der Waals surface area contributed by atoms with E-state index in [1.165, 1.54) is 109 Å². The Hall–Kier alpha value is 0.870. The molecular weight excluding hydrogens is 377 g/mol. The summed E-state index contributed by atoms with van der Waals surface area (Å²) in [6, 6.07) is 0. The maximum Gasteiger partial charge on any atom is -0.0140 e. The van der Waals surface area contributed by atoms with E-state index in [0.29, 0.717) is 0 Å². The lowest BCUT2D eigenvalue weighted by Crippen LogP contribution is -1.99. The SMILES string of the molecule is Br.CCCCCCCCCCCCCCCCCCP.CN(C)C. The Bertz CT molecular complexity index is 170. The molecule has 0 saturated heterocycles. The Morgan fingerprint density at radius 2 is 0.708 bits per heavy atom. The van der Waals surface area contributed by atoms with Gasteiger partial charge in [0.05, 0.1) is 0 Å². The summed E-state index contributed by atoms with van der Waals surface area (Å²) in [6.45, 7) is 2.29. The monoisotopic (exact) mass is 425 g/mol. The molecule has 0 spiro atoms. The van der Waals surface area contributed by atoms with E-state index in [4.69, 9.17) is 0 Å². The first kappa shape index (κ1) is 29.6. The second-order valence-corrected chi connectivity index (χ2v) is 8.01. The Kier molecular flexibility index (Phi) is 35.4. The van der Waals surface area contributed by atoms with Gasteiger partial charge in [0.25, 0.3) is 0 Å². The molecule has 0 heterocycles. The third kappa shape index (κ3) is 38.4. The highest BCUT2D eigenvalue weighted by Crippen LogP contribution is 2.13. The molecule has 0 aliphatic heterocycles. The van der Waals surface area contributed by atoms with Crippen LogP contribution in [0, 0.1) is 0 Å². The smallest absolute Gasteiger partial charge is 0.0140 e. The van der Waals surface area contributed by atoms with E-state index < -0.39 is 0 Å². The molecular formula is C21H49BrNP. The van der Waals surface area contributed by atoms with E-state index in [9.17, 15) is 0 Å². The van der Waals surface area contributed by atoms with Crippen molar-refractivity contribution in [3.05, 3.63) is 0 Å². The van der Waals surface area contributed by atoms with Gasteiger partial charge in [-0.2, -0.15) is 0 Å². The average molecular weight is 427 g/mol. The highest BCUT2D eigenvalue weighted by molar-refractivity contribution is 8.93. The summed E-state index contributed by atoms with van der Waals surface area (Å²) in [5.41, 5.74) is 0. The fourth-order valence-corrected chi connectivity index (χ4v) is 2.98. The first-order chi connectivity index (χ1) is 11.1. The summed E-state index contributed by atoms with van der Waals surface area (Å²) in [4.78, 5) is 2.00. The van der Waals surface area contributed by atoms with Gasteiger partial charge in [0, 0.05) is 0 Å². The molecule has 0 aromatic heterocycles. The van der Waals surface area contributed by atoms with Crippen molar-refractivity contribution in [2.75, 3.05) is 27.3 Å². The van der Waals surface area contributed by atoms with Crippen LogP contribution in [-0.4, -0.2) is 32.2 Å². The van der Waals surface area contributed by atoms with Crippen LogP contribution in [0.15, 0.2) is 0 Å². The lowest BCUT2D eigenvalue weighted by molar-refractivity contribution is 0.505. The molecule has 0 aromatic carbocycles. The molecule has 150 valence electrons. The van der Waals surface area contributed by atoms with Gasteiger partial charge >= 0.3 is 0 Å². The van der Waals surface area contributed by atoms with E-state index in [1.54, 1.807) is 0 Å². The van der Waals surface area contributed by atoms with Crippen LogP contribution in [0.1, 0.15) is 110 Å². The summed E-state index contributed by atoms with van der Waals surface area (Å²) < 4.78 is 0. The molecule has 1 unspecified atom stereocenters. The van der Waals surface area contributed by atoms with Crippen molar-refractivity contribution in [2.24, 2.45) is 0 Å². The normalized spacial score (nSPS) is 10.2. The Labute approximate surface area is 168 Å². The van der Waals surface area contributed by atoms with Gasteiger partial charge in [0.15, 0.2) is 0 Å². The average Bonchev–Trinajstić information content (AvgIpc) is 2.50. The molecule has 3 heteroatoms. The lowest BCUT2D eigenvalue weighted by Gasteiger charge is -2.03. The number of unbranched alkanes of at least 4 members (excludes halogenated alkanes) is 15. The molecule has 0 aliphatic carbocycles. The summed E-state index contributed by atoms with van der Waals surface area (Å²) >= 11 is 0. The second kappa shape index (κ2) is 28.7. The molecule has 0 saturated carbocycles. The van der Waals surface area contributed by atoms with Crippen molar-refractivity contribution in [1.29, 1.82) is 0 Å². The maximum absolute atomic E-state index is 2.83. The Balaban J connectivity index is -0.000000787. The minimum atomic E-state index is 0. The zero-order valence-corrected chi connectivity index (χ0v) is 20.3. The number of rotatable bonds is 16. The zero-order chi connectivity index (χ0) is 17.6.